The van der Waals surface area contributed by atoms with Gasteiger partial charge in [0.2, 0.25) is 5.95 Å². The molecule has 0 bridgehead atoms. The number of nitrogens with two attached hydrogens (primary N) is 1. The Morgan fingerprint density at radius 2 is 1.82 bits per heavy atom. The summed E-state index contributed by atoms with van der Waals surface area (Å²) in [5, 5.41) is 8.61. The molecule has 3 aliphatic rings. The summed E-state index contributed by atoms with van der Waals surface area (Å²) in [4.78, 5) is 23.1. The molecule has 1 aliphatic carbocycles. The van der Waals surface area contributed by atoms with E-state index in [1.165, 1.54) is 22.5 Å². The number of para-hydroxylation sites is 1. The molecular weight excluding hydrogens is 502 g/mol. The van der Waals surface area contributed by atoms with Gasteiger partial charge >= 0.3 is 0 Å². The summed E-state index contributed by atoms with van der Waals surface area (Å²) in [6.07, 6.45) is 2.77. The Morgan fingerprint density at radius 1 is 1.08 bits per heavy atom. The molecule has 1 spiro atoms. The Labute approximate surface area is 219 Å². The third-order valence-corrected chi connectivity index (χ3v) is 10.00. The van der Waals surface area contributed by atoms with Crippen LogP contribution in [-0.2, 0) is 16.4 Å². The number of nitrogens with zero attached hydrogens (tertiary/aromatic N) is 4. The SMILES string of the molecule is CN1c2ccccc2C(c2n[nH]c3nc(N4CCC5(CC4)Cc4ccccc4[C@H]5N)[nH]c(=O)c23)=CS1(=O)=O. The van der Waals surface area contributed by atoms with E-state index >= 15 is 0 Å². The van der Waals surface area contributed by atoms with Crippen molar-refractivity contribution >= 4 is 38.3 Å². The molecule has 0 unspecified atom stereocenters. The summed E-state index contributed by atoms with van der Waals surface area (Å²) in [6, 6.07) is 15.6. The van der Waals surface area contributed by atoms with Crippen LogP contribution >= 0.6 is 0 Å². The van der Waals surface area contributed by atoms with Gasteiger partial charge in [-0.2, -0.15) is 10.1 Å². The van der Waals surface area contributed by atoms with Gasteiger partial charge in [0.25, 0.3) is 15.6 Å². The van der Waals surface area contributed by atoms with Crippen LogP contribution in [-0.4, -0.2) is 48.7 Å². The summed E-state index contributed by atoms with van der Waals surface area (Å²) >= 11 is 0. The number of hydrogen-bond acceptors (Lipinski definition) is 7. The number of fused-ring (bicyclic) bond motifs is 3. The zero-order chi connectivity index (χ0) is 26.2. The van der Waals surface area contributed by atoms with Crippen molar-refractivity contribution in [2.24, 2.45) is 11.1 Å². The fourth-order valence-electron chi connectivity index (χ4n) is 6.33. The molecule has 4 N–H and O–H groups in total. The van der Waals surface area contributed by atoms with Crippen molar-refractivity contribution in [2.45, 2.75) is 25.3 Å². The third-order valence-electron chi connectivity index (χ3n) is 8.51. The Hall–Kier alpha value is -3.96. The number of benzene rings is 2. The lowest BCUT2D eigenvalue weighted by Crippen LogP contribution is -2.45. The zero-order valence-corrected chi connectivity index (χ0v) is 21.6. The van der Waals surface area contributed by atoms with Gasteiger partial charge in [-0.05, 0) is 41.9 Å². The van der Waals surface area contributed by atoms with Gasteiger partial charge in [0.1, 0.15) is 11.1 Å². The zero-order valence-electron chi connectivity index (χ0n) is 20.8. The van der Waals surface area contributed by atoms with Gasteiger partial charge < -0.3 is 10.6 Å². The highest BCUT2D eigenvalue weighted by atomic mass is 32.2. The summed E-state index contributed by atoms with van der Waals surface area (Å²) < 4.78 is 26.9. The van der Waals surface area contributed by atoms with Crippen LogP contribution in [0, 0.1) is 5.41 Å². The smallest absolute Gasteiger partial charge is 0.264 e. The van der Waals surface area contributed by atoms with Crippen molar-refractivity contribution in [3.8, 4) is 0 Å². The highest BCUT2D eigenvalue weighted by Gasteiger charge is 2.46. The molecule has 10 nitrogen and oxygen atoms in total. The molecule has 0 radical (unpaired) electrons. The minimum absolute atomic E-state index is 0.00692. The molecule has 1 atom stereocenters. The van der Waals surface area contributed by atoms with Crippen molar-refractivity contribution in [3.63, 3.8) is 0 Å². The topological polar surface area (TPSA) is 141 Å². The number of sulfonamides is 1. The number of aromatic amines is 2. The quantitative estimate of drug-likeness (QED) is 0.362. The number of anilines is 2. The predicted octanol–water partition coefficient (Wildman–Crippen LogP) is 2.66. The Kier molecular flexibility index (Phi) is 4.89. The van der Waals surface area contributed by atoms with Gasteiger partial charge in [-0.1, -0.05) is 42.5 Å². The van der Waals surface area contributed by atoms with Crippen LogP contribution in [0.5, 0.6) is 0 Å². The van der Waals surface area contributed by atoms with Crippen LogP contribution in [0.4, 0.5) is 11.6 Å². The summed E-state index contributed by atoms with van der Waals surface area (Å²) in [7, 11) is -2.22. The van der Waals surface area contributed by atoms with E-state index in [9.17, 15) is 13.2 Å². The number of nitrogens with one attached hydrogen (secondary N) is 2. The van der Waals surface area contributed by atoms with E-state index < -0.39 is 10.0 Å². The second-order valence-corrected chi connectivity index (χ2v) is 12.3. The van der Waals surface area contributed by atoms with Gasteiger partial charge in [-0.15, -0.1) is 0 Å². The van der Waals surface area contributed by atoms with Crippen LogP contribution < -0.4 is 20.5 Å². The highest BCUT2D eigenvalue weighted by Crippen LogP contribution is 2.50. The van der Waals surface area contributed by atoms with Crippen LogP contribution in [0.25, 0.3) is 16.6 Å². The maximum absolute atomic E-state index is 13.4. The average molecular weight is 530 g/mol. The van der Waals surface area contributed by atoms with Crippen LogP contribution in [0.3, 0.4) is 0 Å². The Balaban J connectivity index is 1.21. The van der Waals surface area contributed by atoms with Gasteiger partial charge in [-0.25, -0.2) is 8.42 Å². The lowest BCUT2D eigenvalue weighted by Gasteiger charge is -2.42. The second-order valence-electron chi connectivity index (χ2n) is 10.4. The Bertz CT molecular complexity index is 1800. The van der Waals surface area contributed by atoms with E-state index in [0.29, 0.717) is 28.4 Å². The maximum atomic E-state index is 13.4. The van der Waals surface area contributed by atoms with E-state index in [1.54, 1.807) is 12.1 Å². The standard InChI is InChI=1S/C27H27N7O3S/c1-33-20-9-5-4-8-18(20)19(15-38(33,36)37)22-21-24(32-31-22)29-26(30-25(21)35)34-12-10-27(11-13-34)14-16-6-2-3-7-17(16)23(27)28/h2-9,15,23H,10-14,28H2,1H3,(H2,29,30,31,32,35)/t23-/m1/s1. The lowest BCUT2D eigenvalue weighted by atomic mass is 9.73. The molecule has 2 aromatic heterocycles. The molecule has 0 saturated carbocycles. The lowest BCUT2D eigenvalue weighted by molar-refractivity contribution is 0.187. The molecule has 0 amide bonds. The molecule has 38 heavy (non-hydrogen) atoms. The number of piperidine rings is 1. The minimum Gasteiger partial charge on any atom is -0.342 e. The first-order valence-corrected chi connectivity index (χ1v) is 14.1. The first kappa shape index (κ1) is 23.2. The fourth-order valence-corrected chi connectivity index (χ4v) is 7.46. The molecule has 2 aromatic carbocycles. The van der Waals surface area contributed by atoms with Crippen molar-refractivity contribution in [2.75, 3.05) is 29.3 Å². The van der Waals surface area contributed by atoms with Gasteiger partial charge in [-0.3, -0.25) is 19.2 Å². The summed E-state index contributed by atoms with van der Waals surface area (Å²) in [5.74, 6) is 0.474. The van der Waals surface area contributed by atoms with Gasteiger partial charge in [0.15, 0.2) is 5.65 Å². The van der Waals surface area contributed by atoms with Crippen molar-refractivity contribution in [1.29, 1.82) is 0 Å². The average Bonchev–Trinajstić information content (AvgIpc) is 3.46. The fraction of sp³-hybridized carbons (Fsp3) is 0.296. The number of aromatic nitrogens is 4. The highest BCUT2D eigenvalue weighted by molar-refractivity contribution is 7.95. The molecule has 11 heteroatoms. The number of H-pyrrole nitrogens is 2. The first-order valence-electron chi connectivity index (χ1n) is 12.6. The van der Waals surface area contributed by atoms with Crippen molar-refractivity contribution in [3.05, 3.63) is 86.7 Å². The van der Waals surface area contributed by atoms with Crippen molar-refractivity contribution in [1.82, 2.24) is 20.2 Å². The van der Waals surface area contributed by atoms with E-state index in [-0.39, 0.29) is 28.1 Å². The third kappa shape index (κ3) is 3.28. The monoisotopic (exact) mass is 529 g/mol. The molecule has 4 aromatic rings. The van der Waals surface area contributed by atoms with Crippen LogP contribution in [0.1, 0.15) is 41.3 Å². The maximum Gasteiger partial charge on any atom is 0.264 e. The van der Waals surface area contributed by atoms with Gasteiger partial charge in [0, 0.05) is 37.3 Å². The molecule has 1 saturated heterocycles. The second kappa shape index (κ2) is 8.02. The van der Waals surface area contributed by atoms with Crippen LogP contribution in [0.15, 0.2) is 58.7 Å². The molecular formula is C27H27N7O3S. The van der Waals surface area contributed by atoms with Gasteiger partial charge in [0.05, 0.1) is 11.1 Å². The summed E-state index contributed by atoms with van der Waals surface area (Å²) in [5.41, 5.74) is 11.1. The van der Waals surface area contributed by atoms with E-state index in [4.69, 9.17) is 10.7 Å². The first-order chi connectivity index (χ1) is 18.3. The molecule has 2 aliphatic heterocycles. The number of hydrogen-bond donors (Lipinski definition) is 3. The molecule has 7 rings (SSSR count). The van der Waals surface area contributed by atoms with Crippen LogP contribution in [0.2, 0.25) is 0 Å². The summed E-state index contributed by atoms with van der Waals surface area (Å²) in [6.45, 7) is 1.44. The van der Waals surface area contributed by atoms with E-state index in [2.05, 4.69) is 38.3 Å². The molecule has 194 valence electrons. The number of rotatable bonds is 2. The predicted molar refractivity (Wildman–Crippen MR) is 146 cm³/mol. The van der Waals surface area contributed by atoms with E-state index in [0.717, 1.165) is 37.8 Å². The molecule has 1 fully saturated rings. The Morgan fingerprint density at radius 3 is 2.61 bits per heavy atom. The normalized spacial score (nSPS) is 21.4. The van der Waals surface area contributed by atoms with Crippen molar-refractivity contribution < 1.29 is 8.42 Å². The molecule has 4 heterocycles. The largest absolute Gasteiger partial charge is 0.342 e. The minimum atomic E-state index is -3.73. The van der Waals surface area contributed by atoms with E-state index in [1.807, 2.05) is 18.2 Å².